The third kappa shape index (κ3) is 5.90. The number of carbonyl (C=O) groups is 1. The van der Waals surface area contributed by atoms with Gasteiger partial charge in [0.05, 0.1) is 42.9 Å². The van der Waals surface area contributed by atoms with Gasteiger partial charge < -0.3 is 9.47 Å². The summed E-state index contributed by atoms with van der Waals surface area (Å²) in [5.74, 6) is -0.232. The number of methoxy groups -OCH3 is 2. The molecule has 0 fully saturated rings. The summed E-state index contributed by atoms with van der Waals surface area (Å²) in [5, 5.41) is 9.41. The number of allylic oxidation sites excluding steroid dienone is 1. The van der Waals surface area contributed by atoms with E-state index in [0.717, 1.165) is 49.8 Å². The number of hydrogen-bond acceptors (Lipinski definition) is 8. The molecule has 0 bridgehead atoms. The molecule has 3 aromatic rings. The van der Waals surface area contributed by atoms with Gasteiger partial charge in [0, 0.05) is 23.7 Å². The number of alkyl halides is 3. The molecular weight excluding hydrogens is 637 g/mol. The highest BCUT2D eigenvalue weighted by molar-refractivity contribution is 7.91. The van der Waals surface area contributed by atoms with Gasteiger partial charge >= 0.3 is 12.2 Å². The third-order valence-corrected chi connectivity index (χ3v) is 9.79. The standard InChI is InChI=1S/C29H23F3N4O7S2/c1-17-26(34-2)27(22-11-9-18(16-33)13-24(22)44(5,38)39)36(45(40,41)25-15-21(42-3)10-12-23(25)43-4)28(37)35(17)20-8-6-7-19(14-20)29(30,31)32/h6-15,27H,1,3-5H3/t27-/m1/s1. The highest BCUT2D eigenvalue weighted by Crippen LogP contribution is 2.46. The number of sulfone groups is 1. The fraction of sp³-hybridized carbons (Fsp3) is 0.207. The lowest BCUT2D eigenvalue weighted by atomic mass is 9.98. The first-order valence-electron chi connectivity index (χ1n) is 12.6. The molecule has 16 heteroatoms. The zero-order valence-electron chi connectivity index (χ0n) is 23.9. The predicted octanol–water partition coefficient (Wildman–Crippen LogP) is 5.52. The van der Waals surface area contributed by atoms with Gasteiger partial charge in [0.2, 0.25) is 5.70 Å². The van der Waals surface area contributed by atoms with Gasteiger partial charge in [-0.1, -0.05) is 12.1 Å². The Balaban J connectivity index is 2.15. The van der Waals surface area contributed by atoms with Gasteiger partial charge in [-0.2, -0.15) is 18.4 Å². The molecule has 4 rings (SSSR count). The molecule has 1 atom stereocenters. The van der Waals surface area contributed by atoms with Gasteiger partial charge in [-0.15, -0.1) is 0 Å². The second-order valence-corrected chi connectivity index (χ2v) is 13.4. The maximum Gasteiger partial charge on any atom is 0.416 e. The van der Waals surface area contributed by atoms with E-state index in [1.165, 1.54) is 32.2 Å². The van der Waals surface area contributed by atoms with Crippen molar-refractivity contribution < 1.29 is 44.3 Å². The summed E-state index contributed by atoms with van der Waals surface area (Å²) in [5.41, 5.74) is -2.76. The van der Waals surface area contributed by atoms with Crippen LogP contribution in [0.4, 0.5) is 23.7 Å². The van der Waals surface area contributed by atoms with Gasteiger partial charge in [-0.3, -0.25) is 4.90 Å². The zero-order valence-corrected chi connectivity index (χ0v) is 25.6. The summed E-state index contributed by atoms with van der Waals surface area (Å²) in [6, 6.07) is 8.84. The van der Waals surface area contributed by atoms with Crippen LogP contribution in [0.1, 0.15) is 29.7 Å². The molecule has 0 N–H and O–H groups in total. The molecule has 2 amide bonds. The number of carbonyl (C=O) groups excluding carboxylic acids is 1. The molecule has 0 aliphatic carbocycles. The maximum absolute atomic E-state index is 14.5. The number of halogens is 3. The lowest BCUT2D eigenvalue weighted by Gasteiger charge is -2.41. The van der Waals surface area contributed by atoms with E-state index in [1.54, 1.807) is 6.07 Å². The minimum absolute atomic E-state index is 0.0254. The largest absolute Gasteiger partial charge is 0.497 e. The SMILES string of the molecule is [C-]#[N+]C1=C(C)N(c2cccc(C(F)(F)F)c2)C(=O)N(S(=O)(=O)c2cc(OC)ccc2OC)[C@@H]1c1ccc(C#N)cc1S(C)(=O)=O. The van der Waals surface area contributed by atoms with Crippen LogP contribution >= 0.6 is 0 Å². The van der Waals surface area contributed by atoms with Crippen LogP contribution in [0.25, 0.3) is 4.85 Å². The Morgan fingerprint density at radius 2 is 1.67 bits per heavy atom. The fourth-order valence-corrected chi connectivity index (χ4v) is 7.41. The predicted molar refractivity (Wildman–Crippen MR) is 154 cm³/mol. The average molecular weight is 661 g/mol. The highest BCUT2D eigenvalue weighted by atomic mass is 32.2. The molecule has 0 saturated carbocycles. The first kappa shape index (κ1) is 32.8. The van der Waals surface area contributed by atoms with Gasteiger partial charge in [0.1, 0.15) is 22.4 Å². The first-order chi connectivity index (χ1) is 21.0. The van der Waals surface area contributed by atoms with Gasteiger partial charge in [-0.25, -0.2) is 30.8 Å². The van der Waals surface area contributed by atoms with Crippen LogP contribution in [0, 0.1) is 17.9 Å². The number of amides is 2. The number of anilines is 1. The number of sulfonamides is 1. The van der Waals surface area contributed by atoms with Crippen molar-refractivity contribution in [2.45, 2.75) is 28.9 Å². The van der Waals surface area contributed by atoms with Crippen LogP contribution in [0.3, 0.4) is 0 Å². The second-order valence-electron chi connectivity index (χ2n) is 9.61. The van der Waals surface area contributed by atoms with E-state index in [9.17, 15) is 40.1 Å². The van der Waals surface area contributed by atoms with Crippen LogP contribution in [0.2, 0.25) is 0 Å². The van der Waals surface area contributed by atoms with E-state index in [-0.39, 0.29) is 32.6 Å². The van der Waals surface area contributed by atoms with E-state index < -0.39 is 64.8 Å². The van der Waals surface area contributed by atoms with Crippen molar-refractivity contribution >= 4 is 31.6 Å². The van der Waals surface area contributed by atoms with Crippen molar-refractivity contribution in [2.75, 3.05) is 25.4 Å². The van der Waals surface area contributed by atoms with Crippen molar-refractivity contribution in [1.29, 1.82) is 5.26 Å². The van der Waals surface area contributed by atoms with Crippen molar-refractivity contribution in [3.63, 3.8) is 0 Å². The number of hydrogen-bond donors (Lipinski definition) is 0. The molecule has 0 aromatic heterocycles. The van der Waals surface area contributed by atoms with Crippen LogP contribution < -0.4 is 14.4 Å². The summed E-state index contributed by atoms with van der Waals surface area (Å²) in [6.07, 6.45) is -4.03. The van der Waals surface area contributed by atoms with E-state index in [0.29, 0.717) is 11.0 Å². The Morgan fingerprint density at radius 3 is 2.22 bits per heavy atom. The number of benzene rings is 3. The van der Waals surface area contributed by atoms with Crippen LogP contribution in [0.5, 0.6) is 11.5 Å². The molecule has 0 saturated heterocycles. The quantitative estimate of drug-likeness (QED) is 0.302. The van der Waals surface area contributed by atoms with Gasteiger partial charge in [-0.05, 0) is 55.0 Å². The number of nitriles is 1. The van der Waals surface area contributed by atoms with Crippen LogP contribution in [-0.2, 0) is 26.0 Å². The van der Waals surface area contributed by atoms with E-state index in [4.69, 9.17) is 16.0 Å². The molecule has 1 aliphatic heterocycles. The summed E-state index contributed by atoms with van der Waals surface area (Å²) in [4.78, 5) is 17.3. The zero-order chi connectivity index (χ0) is 33.5. The van der Waals surface area contributed by atoms with Crippen molar-refractivity contribution in [2.24, 2.45) is 0 Å². The number of urea groups is 1. The van der Waals surface area contributed by atoms with Gasteiger partial charge in [0.25, 0.3) is 10.0 Å². The summed E-state index contributed by atoms with van der Waals surface area (Å²) in [6.45, 7) is 9.22. The molecule has 1 aliphatic rings. The number of ether oxygens (including phenoxy) is 2. The fourth-order valence-electron chi connectivity index (χ4n) is 4.80. The van der Waals surface area contributed by atoms with Crippen molar-refractivity contribution in [1.82, 2.24) is 4.31 Å². The molecule has 0 spiro atoms. The summed E-state index contributed by atoms with van der Waals surface area (Å²) < 4.78 is 106. The molecule has 1 heterocycles. The Hall–Kier alpha value is -5.06. The highest BCUT2D eigenvalue weighted by Gasteiger charge is 2.49. The van der Waals surface area contributed by atoms with E-state index in [2.05, 4.69) is 4.85 Å². The number of nitrogens with zero attached hydrogens (tertiary/aromatic N) is 4. The Labute approximate surface area is 257 Å². The van der Waals surface area contributed by atoms with Crippen LogP contribution in [0.15, 0.2) is 81.8 Å². The van der Waals surface area contributed by atoms with Crippen LogP contribution in [-0.4, -0.2) is 47.6 Å². The second kappa shape index (κ2) is 11.8. The van der Waals surface area contributed by atoms with Crippen molar-refractivity contribution in [3.8, 4) is 17.6 Å². The molecular formula is C29H23F3N4O7S2. The minimum Gasteiger partial charge on any atom is -0.497 e. The third-order valence-electron chi connectivity index (χ3n) is 6.88. The molecule has 234 valence electrons. The first-order valence-corrected chi connectivity index (χ1v) is 15.9. The maximum atomic E-state index is 14.5. The average Bonchev–Trinajstić information content (AvgIpc) is 2.99. The lowest BCUT2D eigenvalue weighted by Crippen LogP contribution is -2.52. The molecule has 0 unspecified atom stereocenters. The lowest BCUT2D eigenvalue weighted by molar-refractivity contribution is -0.137. The number of rotatable bonds is 7. The smallest absolute Gasteiger partial charge is 0.416 e. The minimum atomic E-state index is -5.13. The summed E-state index contributed by atoms with van der Waals surface area (Å²) in [7, 11) is -6.94. The Kier molecular flexibility index (Phi) is 8.61. The molecule has 45 heavy (non-hydrogen) atoms. The van der Waals surface area contributed by atoms with E-state index in [1.807, 2.05) is 0 Å². The monoisotopic (exact) mass is 660 g/mol. The molecule has 3 aromatic carbocycles. The Bertz CT molecular complexity index is 2050. The Morgan fingerprint density at radius 1 is 0.978 bits per heavy atom. The summed E-state index contributed by atoms with van der Waals surface area (Å²) >= 11 is 0. The van der Waals surface area contributed by atoms with E-state index >= 15 is 0 Å². The van der Waals surface area contributed by atoms with Gasteiger partial charge in [0.15, 0.2) is 9.84 Å². The normalized spacial score (nSPS) is 15.8. The molecule has 0 radical (unpaired) electrons. The van der Waals surface area contributed by atoms with Crippen molar-refractivity contribution in [3.05, 3.63) is 100 Å². The topological polar surface area (TPSA) is 138 Å². The molecule has 11 nitrogen and oxygen atoms in total.